The van der Waals surface area contributed by atoms with Crippen LogP contribution in [-0.4, -0.2) is 45.2 Å². The molecule has 1 unspecified atom stereocenters. The normalized spacial score (nSPS) is 16.8. The molecule has 116 valence electrons. The average molecular weight is 311 g/mol. The van der Waals surface area contributed by atoms with Gasteiger partial charge in [0.05, 0.1) is 24.5 Å². The van der Waals surface area contributed by atoms with Crippen LogP contribution in [0.2, 0.25) is 0 Å². The first-order chi connectivity index (χ1) is 11.2. The minimum atomic E-state index is -1.10. The van der Waals surface area contributed by atoms with Gasteiger partial charge < -0.3 is 14.7 Å². The first kappa shape index (κ1) is 14.7. The lowest BCUT2D eigenvalue weighted by atomic mass is 10.3. The molecule has 23 heavy (non-hydrogen) atoms. The minimum absolute atomic E-state index is 0.0450. The largest absolute Gasteiger partial charge is 0.476 e. The van der Waals surface area contributed by atoms with E-state index in [1.807, 2.05) is 11.0 Å². The lowest BCUT2D eigenvalue weighted by Crippen LogP contribution is -2.25. The van der Waals surface area contributed by atoms with Crippen LogP contribution in [0.3, 0.4) is 0 Å². The van der Waals surface area contributed by atoms with Crippen molar-refractivity contribution >= 4 is 11.8 Å². The lowest BCUT2D eigenvalue weighted by Gasteiger charge is -2.17. The summed E-state index contributed by atoms with van der Waals surface area (Å²) in [6, 6.07) is 5.33. The molecule has 0 saturated carbocycles. The fraction of sp³-hybridized carbons (Fsp3) is 0.267. The van der Waals surface area contributed by atoms with Gasteiger partial charge in [0, 0.05) is 25.2 Å². The molecule has 1 aliphatic heterocycles. The van der Waals surface area contributed by atoms with Crippen molar-refractivity contribution in [3.05, 3.63) is 42.0 Å². The quantitative estimate of drug-likeness (QED) is 0.893. The number of hydrogen-bond acceptors (Lipinski definition) is 7. The Morgan fingerprint density at radius 1 is 1.30 bits per heavy atom. The van der Waals surface area contributed by atoms with E-state index in [4.69, 9.17) is 15.1 Å². The van der Waals surface area contributed by atoms with Crippen LogP contribution in [0, 0.1) is 11.3 Å². The fourth-order valence-corrected chi connectivity index (χ4v) is 2.31. The Balaban J connectivity index is 1.61. The van der Waals surface area contributed by atoms with E-state index in [0.29, 0.717) is 23.8 Å². The van der Waals surface area contributed by atoms with Gasteiger partial charge in [-0.2, -0.15) is 5.26 Å². The molecule has 8 nitrogen and oxygen atoms in total. The van der Waals surface area contributed by atoms with Gasteiger partial charge in [-0.25, -0.2) is 19.7 Å². The van der Waals surface area contributed by atoms with E-state index < -0.39 is 5.97 Å². The number of nitrogens with zero attached hydrogens (tertiary/aromatic N) is 5. The lowest BCUT2D eigenvalue weighted by molar-refractivity contribution is 0.0690. The van der Waals surface area contributed by atoms with Crippen LogP contribution < -0.4 is 9.64 Å². The second kappa shape index (κ2) is 6.27. The van der Waals surface area contributed by atoms with Gasteiger partial charge in [-0.15, -0.1) is 0 Å². The summed E-state index contributed by atoms with van der Waals surface area (Å²) >= 11 is 0. The third kappa shape index (κ3) is 3.35. The molecule has 1 aliphatic rings. The Morgan fingerprint density at radius 3 is 2.78 bits per heavy atom. The molecule has 3 heterocycles. The summed E-state index contributed by atoms with van der Waals surface area (Å²) in [6.07, 6.45) is 4.92. The van der Waals surface area contributed by atoms with E-state index in [1.165, 1.54) is 18.6 Å². The zero-order valence-electron chi connectivity index (χ0n) is 12.1. The summed E-state index contributed by atoms with van der Waals surface area (Å²) in [6.45, 7) is 1.35. The maximum atomic E-state index is 10.8. The predicted molar refractivity (Wildman–Crippen MR) is 79.2 cm³/mol. The number of hydrogen-bond donors (Lipinski definition) is 1. The third-order valence-electron chi connectivity index (χ3n) is 3.48. The first-order valence-corrected chi connectivity index (χ1v) is 6.99. The van der Waals surface area contributed by atoms with Crippen molar-refractivity contribution in [2.24, 2.45) is 0 Å². The summed E-state index contributed by atoms with van der Waals surface area (Å²) in [5, 5.41) is 17.6. The van der Waals surface area contributed by atoms with Crippen LogP contribution >= 0.6 is 0 Å². The molecule has 8 heteroatoms. The van der Waals surface area contributed by atoms with Gasteiger partial charge in [-0.1, -0.05) is 0 Å². The highest BCUT2D eigenvalue weighted by Crippen LogP contribution is 2.20. The first-order valence-electron chi connectivity index (χ1n) is 6.99. The van der Waals surface area contributed by atoms with E-state index in [-0.39, 0.29) is 11.8 Å². The SMILES string of the molecule is N#Cc1ccc(OC2CCN(c3cnc(C(=O)O)cn3)C2)nc1. The molecular weight excluding hydrogens is 298 g/mol. The van der Waals surface area contributed by atoms with Gasteiger partial charge in [0.15, 0.2) is 5.69 Å². The van der Waals surface area contributed by atoms with Crippen molar-refractivity contribution in [2.45, 2.75) is 12.5 Å². The standard InChI is InChI=1S/C15H13N5O3/c16-5-10-1-2-14(19-6-10)23-11-3-4-20(9-11)13-8-17-12(7-18-13)15(21)22/h1-2,6-8,11H,3-4,9H2,(H,21,22). The highest BCUT2D eigenvalue weighted by atomic mass is 16.5. The summed E-state index contributed by atoms with van der Waals surface area (Å²) in [4.78, 5) is 24.8. The summed E-state index contributed by atoms with van der Waals surface area (Å²) in [7, 11) is 0. The maximum Gasteiger partial charge on any atom is 0.356 e. The van der Waals surface area contributed by atoms with Gasteiger partial charge in [0.25, 0.3) is 0 Å². The number of carboxylic acid groups (broad SMARTS) is 1. The van der Waals surface area contributed by atoms with Crippen LogP contribution in [0.5, 0.6) is 5.88 Å². The van der Waals surface area contributed by atoms with Crippen molar-refractivity contribution in [2.75, 3.05) is 18.0 Å². The van der Waals surface area contributed by atoms with Gasteiger partial charge in [0.1, 0.15) is 18.0 Å². The summed E-state index contributed by atoms with van der Waals surface area (Å²) < 4.78 is 5.78. The highest BCUT2D eigenvalue weighted by Gasteiger charge is 2.25. The van der Waals surface area contributed by atoms with Crippen molar-refractivity contribution < 1.29 is 14.6 Å². The molecule has 0 bridgehead atoms. The van der Waals surface area contributed by atoms with E-state index in [2.05, 4.69) is 15.0 Å². The van der Waals surface area contributed by atoms with Crippen LogP contribution in [-0.2, 0) is 0 Å². The monoisotopic (exact) mass is 311 g/mol. The second-order valence-electron chi connectivity index (χ2n) is 5.04. The number of rotatable bonds is 4. The van der Waals surface area contributed by atoms with Gasteiger partial charge >= 0.3 is 5.97 Å². The fourth-order valence-electron chi connectivity index (χ4n) is 2.31. The van der Waals surface area contributed by atoms with E-state index in [9.17, 15) is 4.79 Å². The molecule has 0 radical (unpaired) electrons. The molecular formula is C15H13N5O3. The molecule has 2 aromatic rings. The number of aromatic nitrogens is 3. The molecule has 2 aromatic heterocycles. The zero-order valence-corrected chi connectivity index (χ0v) is 12.1. The van der Waals surface area contributed by atoms with E-state index >= 15 is 0 Å². The molecule has 0 aliphatic carbocycles. The van der Waals surface area contributed by atoms with Crippen molar-refractivity contribution in [1.82, 2.24) is 15.0 Å². The topological polar surface area (TPSA) is 112 Å². The molecule has 1 saturated heterocycles. The number of ether oxygens (including phenoxy) is 1. The van der Waals surface area contributed by atoms with Crippen LogP contribution in [0.15, 0.2) is 30.7 Å². The zero-order chi connectivity index (χ0) is 16.2. The number of nitriles is 1. The Hall–Kier alpha value is -3.21. The Labute approximate surface area is 132 Å². The number of carbonyl (C=O) groups is 1. The smallest absolute Gasteiger partial charge is 0.356 e. The molecule has 0 spiro atoms. The van der Waals surface area contributed by atoms with Crippen LogP contribution in [0.1, 0.15) is 22.5 Å². The van der Waals surface area contributed by atoms with E-state index in [0.717, 1.165) is 13.0 Å². The molecule has 0 aromatic carbocycles. The number of anilines is 1. The van der Waals surface area contributed by atoms with Crippen molar-refractivity contribution in [1.29, 1.82) is 5.26 Å². The summed E-state index contributed by atoms with van der Waals surface area (Å²) in [5.74, 6) is -0.00406. The molecule has 3 rings (SSSR count). The Kier molecular flexibility index (Phi) is 4.01. The van der Waals surface area contributed by atoms with Crippen molar-refractivity contribution in [3.8, 4) is 11.9 Å². The van der Waals surface area contributed by atoms with Gasteiger partial charge in [-0.05, 0) is 6.07 Å². The average Bonchev–Trinajstić information content (AvgIpc) is 3.04. The van der Waals surface area contributed by atoms with Crippen molar-refractivity contribution in [3.63, 3.8) is 0 Å². The number of pyridine rings is 1. The Morgan fingerprint density at radius 2 is 2.17 bits per heavy atom. The highest BCUT2D eigenvalue weighted by molar-refractivity contribution is 5.84. The maximum absolute atomic E-state index is 10.8. The Bertz CT molecular complexity index is 739. The number of carboxylic acids is 1. The van der Waals surface area contributed by atoms with E-state index in [1.54, 1.807) is 12.1 Å². The summed E-state index contributed by atoms with van der Waals surface area (Å²) in [5.41, 5.74) is 0.404. The van der Waals surface area contributed by atoms with Crippen LogP contribution in [0.4, 0.5) is 5.82 Å². The van der Waals surface area contributed by atoms with Gasteiger partial charge in [0.2, 0.25) is 5.88 Å². The predicted octanol–water partition coefficient (Wildman–Crippen LogP) is 1.10. The minimum Gasteiger partial charge on any atom is -0.476 e. The third-order valence-corrected chi connectivity index (χ3v) is 3.48. The second-order valence-corrected chi connectivity index (χ2v) is 5.04. The molecule has 0 amide bonds. The van der Waals surface area contributed by atoms with Gasteiger partial charge in [-0.3, -0.25) is 0 Å². The molecule has 1 atom stereocenters. The molecule has 1 N–H and O–H groups in total. The number of aromatic carboxylic acids is 1. The molecule has 1 fully saturated rings. The van der Waals surface area contributed by atoms with Crippen LogP contribution in [0.25, 0.3) is 0 Å².